The van der Waals surface area contributed by atoms with Crippen LogP contribution in [-0.2, 0) is 12.8 Å². The largest absolute Gasteiger partial charge is 0.508 e. The molecule has 21 heavy (non-hydrogen) atoms. The van der Waals surface area contributed by atoms with E-state index < -0.39 is 0 Å². The number of hydrogen-bond acceptors (Lipinski definition) is 1. The first-order chi connectivity index (χ1) is 10.3. The highest BCUT2D eigenvalue weighted by Crippen LogP contribution is 2.25. The quantitative estimate of drug-likeness (QED) is 0.440. The molecule has 0 fully saturated rings. The van der Waals surface area contributed by atoms with Gasteiger partial charge in [0.2, 0.25) is 0 Å². The molecule has 0 saturated heterocycles. The fourth-order valence-corrected chi connectivity index (χ4v) is 2.97. The number of aromatic hydroxyl groups is 1. The third kappa shape index (κ3) is 7.55. The highest BCUT2D eigenvalue weighted by Gasteiger charge is 2.07. The molecule has 1 aromatic carbocycles. The standard InChI is InChI=1S/C20H34O/c1-3-5-7-8-9-10-12-16-19-18(14-11-6-4-2)15-13-17-20(19)21/h13,15,17,21H,3-12,14,16H2,1-2H3. The summed E-state index contributed by atoms with van der Waals surface area (Å²) in [5.74, 6) is 0.509. The Bertz CT molecular complexity index is 370. The summed E-state index contributed by atoms with van der Waals surface area (Å²) in [5.41, 5.74) is 2.58. The molecule has 0 aliphatic carbocycles. The lowest BCUT2D eigenvalue weighted by Crippen LogP contribution is -1.96. The van der Waals surface area contributed by atoms with Crippen LogP contribution in [0.25, 0.3) is 0 Å². The first kappa shape index (κ1) is 18.1. The molecular formula is C20H34O. The highest BCUT2D eigenvalue weighted by molar-refractivity contribution is 5.39. The zero-order valence-corrected chi connectivity index (χ0v) is 14.2. The molecule has 0 radical (unpaired) electrons. The Labute approximate surface area is 131 Å². The van der Waals surface area contributed by atoms with E-state index in [9.17, 15) is 5.11 Å². The predicted molar refractivity (Wildman–Crippen MR) is 93.0 cm³/mol. The molecule has 0 aliphatic rings. The van der Waals surface area contributed by atoms with Crippen molar-refractivity contribution in [1.29, 1.82) is 0 Å². The normalized spacial score (nSPS) is 11.0. The Morgan fingerprint density at radius 1 is 0.714 bits per heavy atom. The fraction of sp³-hybridized carbons (Fsp3) is 0.700. The van der Waals surface area contributed by atoms with Crippen LogP contribution in [0.15, 0.2) is 18.2 Å². The predicted octanol–water partition coefficient (Wildman–Crippen LogP) is 6.42. The molecule has 0 bridgehead atoms. The van der Waals surface area contributed by atoms with E-state index in [0.29, 0.717) is 5.75 Å². The second-order valence-corrected chi connectivity index (χ2v) is 6.24. The lowest BCUT2D eigenvalue weighted by molar-refractivity contribution is 0.464. The fourth-order valence-electron chi connectivity index (χ4n) is 2.97. The molecule has 0 spiro atoms. The van der Waals surface area contributed by atoms with Crippen molar-refractivity contribution in [3.63, 3.8) is 0 Å². The summed E-state index contributed by atoms with van der Waals surface area (Å²) in [6, 6.07) is 6.04. The molecule has 0 heterocycles. The number of phenols is 1. The van der Waals surface area contributed by atoms with Crippen LogP contribution in [0, 0.1) is 0 Å². The average molecular weight is 290 g/mol. The molecule has 0 saturated carbocycles. The van der Waals surface area contributed by atoms with Crippen LogP contribution in [0.1, 0.15) is 89.2 Å². The van der Waals surface area contributed by atoms with Crippen LogP contribution in [0.4, 0.5) is 0 Å². The van der Waals surface area contributed by atoms with Crippen molar-refractivity contribution in [2.45, 2.75) is 90.9 Å². The summed E-state index contributed by atoms with van der Waals surface area (Å²) < 4.78 is 0. The van der Waals surface area contributed by atoms with Crippen molar-refractivity contribution in [1.82, 2.24) is 0 Å². The van der Waals surface area contributed by atoms with E-state index in [2.05, 4.69) is 19.9 Å². The molecule has 0 aromatic heterocycles. The summed E-state index contributed by atoms with van der Waals surface area (Å²) in [4.78, 5) is 0. The zero-order valence-electron chi connectivity index (χ0n) is 14.2. The Morgan fingerprint density at radius 3 is 2.00 bits per heavy atom. The van der Waals surface area contributed by atoms with Gasteiger partial charge in [-0.3, -0.25) is 0 Å². The van der Waals surface area contributed by atoms with Crippen molar-refractivity contribution >= 4 is 0 Å². The van der Waals surface area contributed by atoms with Crippen LogP contribution < -0.4 is 0 Å². The molecule has 1 heteroatoms. The molecule has 1 rings (SSSR count). The maximum Gasteiger partial charge on any atom is 0.119 e. The molecular weight excluding hydrogens is 256 g/mol. The topological polar surface area (TPSA) is 20.2 Å². The monoisotopic (exact) mass is 290 g/mol. The van der Waals surface area contributed by atoms with Gasteiger partial charge in [0.25, 0.3) is 0 Å². The van der Waals surface area contributed by atoms with E-state index in [0.717, 1.165) is 12.8 Å². The second kappa shape index (κ2) is 11.7. The molecule has 0 unspecified atom stereocenters. The number of aryl methyl sites for hydroxylation is 1. The number of unbranched alkanes of at least 4 members (excludes halogenated alkanes) is 8. The van der Waals surface area contributed by atoms with E-state index >= 15 is 0 Å². The van der Waals surface area contributed by atoms with Gasteiger partial charge in [-0.15, -0.1) is 0 Å². The van der Waals surface area contributed by atoms with Crippen molar-refractivity contribution < 1.29 is 5.11 Å². The molecule has 1 nitrogen and oxygen atoms in total. The third-order valence-corrected chi connectivity index (χ3v) is 4.33. The molecule has 0 aliphatic heterocycles. The smallest absolute Gasteiger partial charge is 0.119 e. The summed E-state index contributed by atoms with van der Waals surface area (Å²) >= 11 is 0. The van der Waals surface area contributed by atoms with Gasteiger partial charge in [0.15, 0.2) is 0 Å². The zero-order chi connectivity index (χ0) is 15.3. The van der Waals surface area contributed by atoms with Gasteiger partial charge in [0, 0.05) is 0 Å². The van der Waals surface area contributed by atoms with E-state index in [4.69, 9.17) is 0 Å². The summed E-state index contributed by atoms with van der Waals surface area (Å²) in [7, 11) is 0. The van der Waals surface area contributed by atoms with Gasteiger partial charge in [-0.1, -0.05) is 77.3 Å². The van der Waals surface area contributed by atoms with Crippen LogP contribution in [0.2, 0.25) is 0 Å². The molecule has 120 valence electrons. The molecule has 0 atom stereocenters. The number of rotatable bonds is 12. The Hall–Kier alpha value is -0.980. The van der Waals surface area contributed by atoms with Gasteiger partial charge in [0.1, 0.15) is 5.75 Å². The SMILES string of the molecule is CCCCCCCCCc1c(O)cccc1CCCCC. The number of benzene rings is 1. The number of phenolic OH excluding ortho intramolecular Hbond substituents is 1. The van der Waals surface area contributed by atoms with Crippen LogP contribution in [0.3, 0.4) is 0 Å². The van der Waals surface area contributed by atoms with Crippen LogP contribution in [0.5, 0.6) is 5.75 Å². The van der Waals surface area contributed by atoms with Crippen molar-refractivity contribution in [3.8, 4) is 5.75 Å². The molecule has 0 amide bonds. The molecule has 1 aromatic rings. The minimum absolute atomic E-state index is 0.509. The van der Waals surface area contributed by atoms with Gasteiger partial charge >= 0.3 is 0 Å². The lowest BCUT2D eigenvalue weighted by Gasteiger charge is -2.11. The summed E-state index contributed by atoms with van der Waals surface area (Å²) in [5, 5.41) is 10.1. The Kier molecular flexibility index (Phi) is 10.0. The number of hydrogen-bond donors (Lipinski definition) is 1. The highest BCUT2D eigenvalue weighted by atomic mass is 16.3. The summed E-state index contributed by atoms with van der Waals surface area (Å²) in [6.45, 7) is 4.50. The Morgan fingerprint density at radius 2 is 1.29 bits per heavy atom. The third-order valence-electron chi connectivity index (χ3n) is 4.33. The van der Waals surface area contributed by atoms with Crippen LogP contribution >= 0.6 is 0 Å². The Balaban J connectivity index is 2.35. The van der Waals surface area contributed by atoms with Crippen molar-refractivity contribution in [2.75, 3.05) is 0 Å². The first-order valence-electron chi connectivity index (χ1n) is 9.09. The average Bonchev–Trinajstić information content (AvgIpc) is 2.49. The first-order valence-corrected chi connectivity index (χ1v) is 9.09. The maximum absolute atomic E-state index is 10.1. The van der Waals surface area contributed by atoms with E-state index in [1.165, 1.54) is 75.3 Å². The second-order valence-electron chi connectivity index (χ2n) is 6.24. The van der Waals surface area contributed by atoms with E-state index in [1.54, 1.807) is 0 Å². The summed E-state index contributed by atoms with van der Waals surface area (Å²) in [6.07, 6.45) is 15.3. The van der Waals surface area contributed by atoms with E-state index in [1.807, 2.05) is 12.1 Å². The minimum Gasteiger partial charge on any atom is -0.508 e. The maximum atomic E-state index is 10.1. The van der Waals surface area contributed by atoms with Gasteiger partial charge in [-0.05, 0) is 42.9 Å². The molecule has 1 N–H and O–H groups in total. The van der Waals surface area contributed by atoms with Crippen molar-refractivity contribution in [3.05, 3.63) is 29.3 Å². The van der Waals surface area contributed by atoms with Gasteiger partial charge in [-0.2, -0.15) is 0 Å². The van der Waals surface area contributed by atoms with Gasteiger partial charge in [0.05, 0.1) is 0 Å². The van der Waals surface area contributed by atoms with Gasteiger partial charge < -0.3 is 5.11 Å². The van der Waals surface area contributed by atoms with Gasteiger partial charge in [-0.25, -0.2) is 0 Å². The van der Waals surface area contributed by atoms with Crippen LogP contribution in [-0.4, -0.2) is 5.11 Å². The van der Waals surface area contributed by atoms with E-state index in [-0.39, 0.29) is 0 Å². The minimum atomic E-state index is 0.509. The lowest BCUT2D eigenvalue weighted by atomic mass is 9.96. The van der Waals surface area contributed by atoms with Crippen molar-refractivity contribution in [2.24, 2.45) is 0 Å².